The molecule has 8 rings (SSSR count). The lowest BCUT2D eigenvalue weighted by atomic mass is 9.79. The number of rotatable bonds is 22. The van der Waals surface area contributed by atoms with Gasteiger partial charge in [-0.2, -0.15) is 0 Å². The van der Waals surface area contributed by atoms with E-state index in [0.717, 1.165) is 49.7 Å². The molecule has 2 aromatic rings. The Morgan fingerprint density at radius 1 is 0.531 bits per heavy atom. The number of urea groups is 2. The first-order chi connectivity index (χ1) is 44.0. The number of sulfone groups is 2. The number of nitrogens with zero attached hydrogens (tertiary/aromatic N) is 2. The Morgan fingerprint density at radius 2 is 0.896 bits per heavy atom. The number of carbonyl (C=O) groups excluding carboxylic acids is 9. The van der Waals surface area contributed by atoms with Crippen LogP contribution >= 0.6 is 0 Å². The van der Waals surface area contributed by atoms with Crippen LogP contribution in [-0.2, 0) is 53.2 Å². The number of benzene rings is 2. The molecule has 2 aromatic carbocycles. The molecule has 9 N–H and O–H groups in total. The number of ketones is 1. The average Bonchev–Trinajstić information content (AvgIpc) is 1.53. The van der Waals surface area contributed by atoms with E-state index < -0.39 is 143 Å². The number of likely N-dealkylation sites (tertiary alicyclic amines) is 2. The van der Waals surface area contributed by atoms with Gasteiger partial charge in [-0.15, -0.1) is 0 Å². The van der Waals surface area contributed by atoms with E-state index in [4.69, 9.17) is 0 Å². The van der Waals surface area contributed by atoms with Crippen molar-refractivity contribution in [1.29, 1.82) is 0 Å². The fourth-order valence-corrected chi connectivity index (χ4v) is 16.0. The molecule has 3 unspecified atom stereocenters. The van der Waals surface area contributed by atoms with Crippen LogP contribution in [0.2, 0.25) is 0 Å². The second kappa shape index (κ2) is 28.7. The van der Waals surface area contributed by atoms with Gasteiger partial charge in [-0.25, -0.2) is 26.4 Å². The number of fused-ring (bicyclic) bond motifs is 2. The van der Waals surface area contributed by atoms with E-state index in [0.29, 0.717) is 19.5 Å². The summed E-state index contributed by atoms with van der Waals surface area (Å²) in [5.74, 6) is -6.03. The largest absolute Gasteiger partial charge is 0.381 e. The van der Waals surface area contributed by atoms with Crippen LogP contribution in [0.25, 0.3) is 0 Å². The number of hydrogen-bond acceptors (Lipinski definition) is 14. The van der Waals surface area contributed by atoms with Gasteiger partial charge in [0, 0.05) is 24.2 Å². The third-order valence-corrected chi connectivity index (χ3v) is 23.4. The molecule has 0 spiro atoms. The Kier molecular flexibility index (Phi) is 22.9. The molecule has 4 aliphatic carbocycles. The summed E-state index contributed by atoms with van der Waals surface area (Å²) in [6, 6.07) is 5.64. The van der Waals surface area contributed by atoms with Crippen molar-refractivity contribution in [2.75, 3.05) is 24.8 Å². The summed E-state index contributed by atoms with van der Waals surface area (Å²) >= 11 is 0. The van der Waals surface area contributed by atoms with Gasteiger partial charge in [0.05, 0.1) is 21.9 Å². The summed E-state index contributed by atoms with van der Waals surface area (Å²) in [5.41, 5.74) is -1.06. The zero-order valence-electron chi connectivity index (χ0n) is 59.6. The normalized spacial score (nSPS) is 23.6. The van der Waals surface area contributed by atoms with Gasteiger partial charge in [0.2, 0.25) is 29.4 Å². The lowest BCUT2D eigenvalue weighted by molar-refractivity contribution is -0.145. The van der Waals surface area contributed by atoms with Crippen LogP contribution < -0.4 is 42.5 Å². The summed E-state index contributed by atoms with van der Waals surface area (Å²) in [5, 5.41) is 32.9. The Morgan fingerprint density at radius 3 is 1.25 bits per heavy atom. The molecule has 2 heterocycles. The van der Waals surface area contributed by atoms with Gasteiger partial charge in [0.25, 0.3) is 11.8 Å². The van der Waals surface area contributed by atoms with E-state index >= 15 is 0 Å². The Labute approximate surface area is 568 Å². The molecule has 10 amide bonds. The van der Waals surface area contributed by atoms with Gasteiger partial charge >= 0.3 is 12.1 Å². The molecular formula is C70H108N10O14S2. The number of hydrogen-bond donors (Lipinski definition) is 9. The minimum absolute atomic E-state index is 0.0201. The lowest BCUT2D eigenvalue weighted by Crippen LogP contribution is -2.62. The molecule has 96 heavy (non-hydrogen) atoms. The zero-order valence-corrected chi connectivity index (χ0v) is 61.2. The molecule has 26 heteroatoms. The fraction of sp³-hybridized carbons (Fsp3) is 0.700. The van der Waals surface area contributed by atoms with E-state index in [9.17, 15) is 65.1 Å². The highest BCUT2D eigenvalue weighted by Gasteiger charge is 2.71. The number of nitrogens with one attached hydrogen (secondary N) is 8. The number of piperidine rings is 2. The van der Waals surface area contributed by atoms with Crippen molar-refractivity contribution < 1.29 is 65.1 Å². The van der Waals surface area contributed by atoms with Crippen molar-refractivity contribution in [2.24, 2.45) is 57.2 Å². The van der Waals surface area contributed by atoms with Gasteiger partial charge < -0.3 is 57.4 Å². The van der Waals surface area contributed by atoms with E-state index in [1.54, 1.807) is 29.2 Å². The van der Waals surface area contributed by atoms with E-state index in [1.165, 1.54) is 29.2 Å². The third-order valence-electron chi connectivity index (χ3n) is 20.3. The van der Waals surface area contributed by atoms with Crippen molar-refractivity contribution in [2.45, 2.75) is 239 Å². The zero-order chi connectivity index (χ0) is 72.0. The number of carbonyl (C=O) groups is 9. The van der Waals surface area contributed by atoms with Crippen molar-refractivity contribution in [3.05, 3.63) is 59.7 Å². The molecule has 6 fully saturated rings. The van der Waals surface area contributed by atoms with Gasteiger partial charge in [-0.1, -0.05) is 143 Å². The first kappa shape index (κ1) is 76.7. The van der Waals surface area contributed by atoms with Crippen LogP contribution in [0.1, 0.15) is 173 Å². The van der Waals surface area contributed by atoms with Crippen molar-refractivity contribution in [3.63, 3.8) is 0 Å². The molecule has 6 aliphatic rings. The highest BCUT2D eigenvalue weighted by Crippen LogP contribution is 2.66. The number of aliphatic hydroxyl groups is 1. The molecule has 0 bridgehead atoms. The topological polar surface area (TPSA) is 345 Å². The molecule has 24 nitrogen and oxygen atoms in total. The van der Waals surface area contributed by atoms with E-state index in [2.05, 4.69) is 56.4 Å². The summed E-state index contributed by atoms with van der Waals surface area (Å²) in [4.78, 5) is 125. The molecule has 11 atom stereocenters. The Hall–Kier alpha value is -6.67. The van der Waals surface area contributed by atoms with Crippen molar-refractivity contribution in [3.8, 4) is 0 Å². The lowest BCUT2D eigenvalue weighted by Gasteiger charge is -2.39. The molecule has 0 radical (unpaired) electrons. The van der Waals surface area contributed by atoms with Gasteiger partial charge in [-0.05, 0) is 150 Å². The molecule has 4 saturated carbocycles. The third kappa shape index (κ3) is 18.5. The van der Waals surface area contributed by atoms with E-state index in [1.807, 2.05) is 111 Å². The quantitative estimate of drug-likeness (QED) is 0.0615. The predicted molar refractivity (Wildman–Crippen MR) is 363 cm³/mol. The van der Waals surface area contributed by atoms with Crippen LogP contribution in [0.15, 0.2) is 58.3 Å². The maximum atomic E-state index is 14.2. The SMILES string of the molecule is Cc1ccc(S(=O)(=O)CNC(=O)C(=O)C(CC2CCC2)NC(=O)[C@@H]2[C@@H]3[C@H](CN2C(=O)[C@@H](NC(=O)NC(C)(C)C)C(C)(C)C)C3(C)C)cc1.Cc1ccc(S(=O)(=O)CNC(=O)C(O)C(CC2CCC2)NC(=O)[C@@H]2[C@@H]3[C@H](CN2C(=O)[C@@H](NC(=O)NC(C)(C)C)C(C)(C)C)C3(C)C)cc1. The summed E-state index contributed by atoms with van der Waals surface area (Å²) in [6.45, 7) is 34.6. The van der Waals surface area contributed by atoms with Gasteiger partial charge in [0.15, 0.2) is 25.8 Å². The summed E-state index contributed by atoms with van der Waals surface area (Å²) in [6.07, 6.45) is 4.34. The molecule has 2 saturated heterocycles. The van der Waals surface area contributed by atoms with Crippen LogP contribution in [0.4, 0.5) is 9.59 Å². The minimum Gasteiger partial charge on any atom is -0.381 e. The summed E-state index contributed by atoms with van der Waals surface area (Å²) in [7, 11) is -7.77. The van der Waals surface area contributed by atoms with Crippen molar-refractivity contribution >= 4 is 73.0 Å². The highest BCUT2D eigenvalue weighted by atomic mass is 32.2. The second-order valence-electron chi connectivity index (χ2n) is 33.3. The Bertz CT molecular complexity index is 3490. The number of Topliss-reactive ketones (excluding diaryl/α,β-unsaturated/α-hetero) is 1. The number of aliphatic hydroxyl groups excluding tert-OH is 1. The molecular weight excluding hydrogens is 1270 g/mol. The van der Waals surface area contributed by atoms with Crippen LogP contribution in [0.5, 0.6) is 0 Å². The van der Waals surface area contributed by atoms with Gasteiger partial charge in [0.1, 0.15) is 35.9 Å². The first-order valence-corrected chi connectivity index (χ1v) is 37.1. The fourth-order valence-electron chi connectivity index (χ4n) is 14.0. The second-order valence-corrected chi connectivity index (χ2v) is 37.3. The first-order valence-electron chi connectivity index (χ1n) is 33.8. The monoisotopic (exact) mass is 1380 g/mol. The molecule has 534 valence electrons. The average molecular weight is 1380 g/mol. The maximum Gasteiger partial charge on any atom is 0.315 e. The van der Waals surface area contributed by atoms with Crippen molar-refractivity contribution in [1.82, 2.24) is 52.3 Å². The van der Waals surface area contributed by atoms with Crippen LogP contribution in [-0.4, -0.2) is 163 Å². The standard InChI is InChI=1S/C35H55N5O7S.C35H53N5O7S/c2*1-20-13-15-22(16-14-20)48(46,47)19-36-30(43)27(41)24(17-21-11-10-12-21)37-29(42)26-25-23(35(25,8)9)18-40(26)31(44)28(33(2,3)4)38-32(45)39-34(5,6)7/h13-16,21,23-28,41H,10-12,17-19H2,1-9H3,(H,36,43)(H,37,42)(H2,38,39,45);13-16,21,23-26,28H,10-12,17-19H2,1-9H3,(H,36,43)(H,37,42)(H2,38,39,45)/t23-,24?,25-,26-,27?,28+;23-,24?,25-,26-,28+/m00/s1. The smallest absolute Gasteiger partial charge is 0.315 e. The van der Waals surface area contributed by atoms with Crippen LogP contribution in [0, 0.1) is 71.0 Å². The Balaban J connectivity index is 0.000000271. The number of amides is 10. The minimum atomic E-state index is -3.90. The summed E-state index contributed by atoms with van der Waals surface area (Å²) < 4.78 is 51.4. The predicted octanol–water partition coefficient (Wildman–Crippen LogP) is 5.96. The molecule has 0 aromatic heterocycles. The van der Waals surface area contributed by atoms with E-state index in [-0.39, 0.29) is 68.5 Å². The maximum absolute atomic E-state index is 14.2. The highest BCUT2D eigenvalue weighted by molar-refractivity contribution is 7.91. The van der Waals surface area contributed by atoms with Gasteiger partial charge in [-0.3, -0.25) is 33.6 Å². The van der Waals surface area contributed by atoms with Crippen LogP contribution in [0.3, 0.4) is 0 Å². The molecule has 2 aliphatic heterocycles. The number of aryl methyl sites for hydroxylation is 2.